The zero-order valence-electron chi connectivity index (χ0n) is 15.7. The molecule has 0 spiro atoms. The average Bonchev–Trinajstić information content (AvgIpc) is 3.27. The first-order chi connectivity index (χ1) is 14.1. The molecule has 2 N–H and O–H groups in total. The van der Waals surface area contributed by atoms with Crippen molar-refractivity contribution in [2.75, 3.05) is 6.54 Å². The van der Waals surface area contributed by atoms with Crippen molar-refractivity contribution in [3.8, 4) is 11.1 Å². The van der Waals surface area contributed by atoms with Gasteiger partial charge < -0.3 is 10.4 Å². The summed E-state index contributed by atoms with van der Waals surface area (Å²) < 4.78 is 16.0. The first kappa shape index (κ1) is 18.8. The predicted octanol–water partition coefficient (Wildman–Crippen LogP) is 3.76. The van der Waals surface area contributed by atoms with Crippen LogP contribution in [0.15, 0.2) is 73.1 Å². The molecule has 29 heavy (non-hydrogen) atoms. The summed E-state index contributed by atoms with van der Waals surface area (Å²) in [5.41, 5.74) is 2.39. The number of aliphatic hydroxyl groups excluding tert-OH is 1. The van der Waals surface area contributed by atoms with Gasteiger partial charge in [-0.3, -0.25) is 9.48 Å². The summed E-state index contributed by atoms with van der Waals surface area (Å²) in [6.45, 7) is 0.950. The Morgan fingerprint density at radius 3 is 2.69 bits per heavy atom. The molecule has 3 aromatic carbocycles. The fourth-order valence-corrected chi connectivity index (χ4v) is 3.27. The van der Waals surface area contributed by atoms with Gasteiger partial charge in [-0.05, 0) is 58.3 Å². The number of benzene rings is 3. The molecule has 6 heteroatoms. The number of rotatable bonds is 6. The predicted molar refractivity (Wildman–Crippen MR) is 110 cm³/mol. The van der Waals surface area contributed by atoms with Crippen molar-refractivity contribution in [2.45, 2.75) is 13.2 Å². The minimum absolute atomic E-state index is 0.139. The quantitative estimate of drug-likeness (QED) is 0.528. The van der Waals surface area contributed by atoms with Crippen molar-refractivity contribution in [1.29, 1.82) is 0 Å². The van der Waals surface area contributed by atoms with Gasteiger partial charge >= 0.3 is 0 Å². The molecule has 5 nitrogen and oxygen atoms in total. The van der Waals surface area contributed by atoms with Crippen LogP contribution < -0.4 is 5.32 Å². The van der Waals surface area contributed by atoms with E-state index in [1.165, 1.54) is 6.07 Å². The highest BCUT2D eigenvalue weighted by Crippen LogP contribution is 2.28. The van der Waals surface area contributed by atoms with Crippen LogP contribution in [-0.4, -0.2) is 27.3 Å². The zero-order valence-corrected chi connectivity index (χ0v) is 15.7. The Labute approximate surface area is 167 Å². The van der Waals surface area contributed by atoms with Crippen molar-refractivity contribution in [3.05, 3.63) is 90.0 Å². The highest BCUT2D eigenvalue weighted by atomic mass is 19.1. The molecular weight excluding hydrogens is 369 g/mol. The van der Waals surface area contributed by atoms with Crippen molar-refractivity contribution in [2.24, 2.45) is 0 Å². The number of carbonyl (C=O) groups excluding carboxylic acids is 1. The van der Waals surface area contributed by atoms with Crippen molar-refractivity contribution >= 4 is 16.7 Å². The van der Waals surface area contributed by atoms with Gasteiger partial charge in [0.1, 0.15) is 5.82 Å². The van der Waals surface area contributed by atoms with Crippen LogP contribution in [-0.2, 0) is 13.2 Å². The number of aliphatic hydroxyl groups is 1. The van der Waals surface area contributed by atoms with E-state index in [9.17, 15) is 14.3 Å². The molecule has 0 radical (unpaired) electrons. The van der Waals surface area contributed by atoms with E-state index in [1.807, 2.05) is 42.6 Å². The second kappa shape index (κ2) is 8.24. The summed E-state index contributed by atoms with van der Waals surface area (Å²) in [5.74, 6) is -0.487. The van der Waals surface area contributed by atoms with Crippen LogP contribution in [0.25, 0.3) is 21.9 Å². The van der Waals surface area contributed by atoms with Crippen LogP contribution in [0, 0.1) is 5.82 Å². The number of halogens is 1. The molecule has 146 valence electrons. The van der Waals surface area contributed by atoms with Crippen LogP contribution >= 0.6 is 0 Å². The van der Waals surface area contributed by atoms with Gasteiger partial charge in [-0.1, -0.05) is 24.3 Å². The summed E-state index contributed by atoms with van der Waals surface area (Å²) in [6, 6.07) is 17.4. The lowest BCUT2D eigenvalue weighted by Gasteiger charge is -2.09. The monoisotopic (exact) mass is 389 g/mol. The van der Waals surface area contributed by atoms with Crippen LogP contribution in [0.1, 0.15) is 15.9 Å². The third-order valence-corrected chi connectivity index (χ3v) is 4.81. The smallest absolute Gasteiger partial charge is 0.251 e. The summed E-state index contributed by atoms with van der Waals surface area (Å²) >= 11 is 0. The number of hydrogen-bond donors (Lipinski definition) is 2. The molecule has 0 aliphatic carbocycles. The molecule has 0 atom stereocenters. The molecule has 0 bridgehead atoms. The Kier molecular flexibility index (Phi) is 5.35. The number of amides is 1. The van der Waals surface area contributed by atoms with Crippen LogP contribution in [0.3, 0.4) is 0 Å². The number of nitrogens with zero attached hydrogens (tertiary/aromatic N) is 2. The highest BCUT2D eigenvalue weighted by molar-refractivity contribution is 5.99. The molecule has 1 heterocycles. The third-order valence-electron chi connectivity index (χ3n) is 4.81. The highest BCUT2D eigenvalue weighted by Gasteiger charge is 2.10. The van der Waals surface area contributed by atoms with E-state index in [0.29, 0.717) is 29.8 Å². The fraction of sp³-hybridized carbons (Fsp3) is 0.130. The van der Waals surface area contributed by atoms with Crippen molar-refractivity contribution < 1.29 is 14.3 Å². The first-order valence-electron chi connectivity index (χ1n) is 9.33. The lowest BCUT2D eigenvalue weighted by Crippen LogP contribution is -2.27. The lowest BCUT2D eigenvalue weighted by molar-refractivity contribution is 0.0952. The minimum Gasteiger partial charge on any atom is -0.392 e. The van der Waals surface area contributed by atoms with E-state index in [0.717, 1.165) is 16.3 Å². The maximum absolute atomic E-state index is 14.2. The van der Waals surface area contributed by atoms with E-state index in [-0.39, 0.29) is 18.3 Å². The van der Waals surface area contributed by atoms with E-state index in [1.54, 1.807) is 29.1 Å². The van der Waals surface area contributed by atoms with Crippen LogP contribution in [0.2, 0.25) is 0 Å². The maximum atomic E-state index is 14.2. The van der Waals surface area contributed by atoms with Gasteiger partial charge in [-0.2, -0.15) is 5.10 Å². The first-order valence-corrected chi connectivity index (χ1v) is 9.33. The summed E-state index contributed by atoms with van der Waals surface area (Å²) in [4.78, 5) is 12.4. The van der Waals surface area contributed by atoms with E-state index in [2.05, 4.69) is 10.4 Å². The average molecular weight is 389 g/mol. The Morgan fingerprint density at radius 2 is 1.90 bits per heavy atom. The topological polar surface area (TPSA) is 67.2 Å². The lowest BCUT2D eigenvalue weighted by atomic mass is 9.98. The molecule has 0 unspecified atom stereocenters. The molecule has 0 saturated carbocycles. The van der Waals surface area contributed by atoms with Crippen molar-refractivity contribution in [3.63, 3.8) is 0 Å². The SMILES string of the molecule is O=C(NCCn1cccn1)c1ccc2cc(-c3cc(CO)ccc3F)ccc2c1. The molecule has 1 amide bonds. The molecular formula is C23H20FN3O2. The molecule has 0 aliphatic rings. The van der Waals surface area contributed by atoms with Gasteiger partial charge in [0.2, 0.25) is 0 Å². The van der Waals surface area contributed by atoms with E-state index >= 15 is 0 Å². The second-order valence-corrected chi connectivity index (χ2v) is 6.77. The zero-order chi connectivity index (χ0) is 20.2. The number of aromatic nitrogens is 2. The van der Waals surface area contributed by atoms with Crippen molar-refractivity contribution in [1.82, 2.24) is 15.1 Å². The number of hydrogen-bond acceptors (Lipinski definition) is 3. The molecule has 0 saturated heterocycles. The van der Waals surface area contributed by atoms with Gasteiger partial charge in [0.25, 0.3) is 5.91 Å². The Balaban J connectivity index is 1.53. The van der Waals surface area contributed by atoms with Gasteiger partial charge in [0.05, 0.1) is 13.2 Å². The summed E-state index contributed by atoms with van der Waals surface area (Å²) in [6.07, 6.45) is 3.55. The fourth-order valence-electron chi connectivity index (χ4n) is 3.27. The summed E-state index contributed by atoms with van der Waals surface area (Å²) in [5, 5.41) is 18.1. The molecule has 1 aromatic heterocycles. The third kappa shape index (κ3) is 4.17. The van der Waals surface area contributed by atoms with Gasteiger partial charge in [0, 0.05) is 30.1 Å². The summed E-state index contributed by atoms with van der Waals surface area (Å²) in [7, 11) is 0. The molecule has 0 aliphatic heterocycles. The Bertz CT molecular complexity index is 1160. The standard InChI is InChI=1S/C23H20FN3O2/c24-22-7-2-16(15-28)12-21(22)19-5-3-18-14-20(6-4-17(18)13-19)23(29)25-9-11-27-10-1-8-26-27/h1-8,10,12-14,28H,9,11,15H2,(H,25,29). The number of carbonyl (C=O) groups is 1. The second-order valence-electron chi connectivity index (χ2n) is 6.77. The Morgan fingerprint density at radius 1 is 1.07 bits per heavy atom. The number of nitrogens with one attached hydrogen (secondary N) is 1. The minimum atomic E-state index is -0.338. The van der Waals surface area contributed by atoms with E-state index < -0.39 is 0 Å². The number of fused-ring (bicyclic) bond motifs is 1. The Hall–Kier alpha value is -3.51. The molecule has 4 aromatic rings. The van der Waals surface area contributed by atoms with Gasteiger partial charge in [0.15, 0.2) is 0 Å². The molecule has 4 rings (SSSR count). The van der Waals surface area contributed by atoms with Gasteiger partial charge in [-0.15, -0.1) is 0 Å². The van der Waals surface area contributed by atoms with Gasteiger partial charge in [-0.25, -0.2) is 4.39 Å². The van der Waals surface area contributed by atoms with Crippen LogP contribution in [0.4, 0.5) is 4.39 Å². The normalized spacial score (nSPS) is 11.0. The molecule has 0 fully saturated rings. The maximum Gasteiger partial charge on any atom is 0.251 e. The van der Waals surface area contributed by atoms with E-state index in [4.69, 9.17) is 0 Å². The largest absolute Gasteiger partial charge is 0.392 e. The van der Waals surface area contributed by atoms with Crippen LogP contribution in [0.5, 0.6) is 0 Å².